The molecule has 1 aliphatic heterocycles. The quantitative estimate of drug-likeness (QED) is 0.164. The van der Waals surface area contributed by atoms with Crippen LogP contribution in [0.15, 0.2) is 103 Å². The van der Waals surface area contributed by atoms with E-state index in [9.17, 15) is 14.0 Å². The van der Waals surface area contributed by atoms with E-state index in [0.717, 1.165) is 38.5 Å². The fraction of sp³-hybridized carbons (Fsp3) is 0.143. The van der Waals surface area contributed by atoms with Crippen molar-refractivity contribution in [2.24, 2.45) is 0 Å². The van der Waals surface area contributed by atoms with Crippen molar-refractivity contribution in [3.05, 3.63) is 120 Å². The van der Waals surface area contributed by atoms with Crippen LogP contribution < -0.4 is 4.74 Å². The third-order valence-electron chi connectivity index (χ3n) is 7.35. The summed E-state index contributed by atoms with van der Waals surface area (Å²) in [5.41, 5.74) is 4.50. The van der Waals surface area contributed by atoms with E-state index in [-0.39, 0.29) is 29.8 Å². The summed E-state index contributed by atoms with van der Waals surface area (Å²) in [6.45, 7) is 4.24. The molecule has 6 rings (SSSR count). The normalized spacial score (nSPS) is 15.4. The molecule has 4 nitrogen and oxygen atoms in total. The predicted octanol–water partition coefficient (Wildman–Crippen LogP) is 8.35. The number of benzene rings is 4. The average molecular weight is 530 g/mol. The lowest BCUT2D eigenvalue weighted by molar-refractivity contribution is -0.121. The third kappa shape index (κ3) is 4.54. The first-order valence-electron chi connectivity index (χ1n) is 13.4. The molecule has 1 aromatic heterocycles. The minimum absolute atomic E-state index is 0.00417. The molecule has 0 radical (unpaired) electrons. The Bertz CT molecular complexity index is 1830. The van der Waals surface area contributed by atoms with E-state index in [1.165, 1.54) is 18.2 Å². The van der Waals surface area contributed by atoms with Crippen molar-refractivity contribution in [2.75, 3.05) is 0 Å². The fourth-order valence-electron chi connectivity index (χ4n) is 5.59. The van der Waals surface area contributed by atoms with Crippen LogP contribution in [-0.4, -0.2) is 22.2 Å². The highest BCUT2D eigenvalue weighted by molar-refractivity contribution is 6.13. The van der Waals surface area contributed by atoms with E-state index < -0.39 is 6.10 Å². The number of hydrogen-bond donors (Lipinski definition) is 0. The molecule has 0 amide bonds. The molecule has 0 N–H and O–H groups in total. The lowest BCUT2D eigenvalue weighted by Gasteiger charge is -2.24. The molecule has 0 saturated carbocycles. The van der Waals surface area contributed by atoms with Gasteiger partial charge in [0.05, 0.1) is 12.0 Å². The molecule has 0 spiro atoms. The first-order valence-corrected chi connectivity index (χ1v) is 13.4. The second kappa shape index (κ2) is 10.4. The van der Waals surface area contributed by atoms with Gasteiger partial charge in [-0.15, -0.1) is 0 Å². The fourth-order valence-corrected chi connectivity index (χ4v) is 5.59. The summed E-state index contributed by atoms with van der Waals surface area (Å²) in [7, 11) is 0. The predicted molar refractivity (Wildman–Crippen MR) is 158 cm³/mol. The highest BCUT2D eigenvalue weighted by Crippen LogP contribution is 2.38. The largest absolute Gasteiger partial charge is 0.481 e. The molecule has 5 heteroatoms. The Labute approximate surface area is 232 Å². The summed E-state index contributed by atoms with van der Waals surface area (Å²) in [5, 5.41) is 2.88. The molecule has 0 bridgehead atoms. The zero-order valence-corrected chi connectivity index (χ0v) is 22.3. The van der Waals surface area contributed by atoms with E-state index >= 15 is 0 Å². The number of aromatic nitrogens is 1. The molecule has 0 saturated heterocycles. The molecule has 0 aliphatic carbocycles. The van der Waals surface area contributed by atoms with Gasteiger partial charge in [0, 0.05) is 28.2 Å². The van der Waals surface area contributed by atoms with Gasteiger partial charge in [0.15, 0.2) is 17.7 Å². The molecular weight excluding hydrogens is 501 g/mol. The SMILES string of the molecule is CC(C)n1c(C=CC=CC(=O)C2CC(=O)c3c(ccc4ccccc34)O2)c(-c2ccc(F)cc2)c2ccccc21. The van der Waals surface area contributed by atoms with Gasteiger partial charge in [-0.2, -0.15) is 0 Å². The number of nitrogens with zero attached hydrogens (tertiary/aromatic N) is 1. The van der Waals surface area contributed by atoms with E-state index in [2.05, 4.69) is 30.5 Å². The summed E-state index contributed by atoms with van der Waals surface area (Å²) >= 11 is 0. The number of carbonyl (C=O) groups is 2. The van der Waals surface area contributed by atoms with Crippen LogP contribution in [0.5, 0.6) is 5.75 Å². The van der Waals surface area contributed by atoms with Crippen molar-refractivity contribution >= 4 is 39.3 Å². The first-order chi connectivity index (χ1) is 19.4. The Kier molecular flexibility index (Phi) is 6.64. The van der Waals surface area contributed by atoms with Crippen LogP contribution in [0.1, 0.15) is 42.4 Å². The summed E-state index contributed by atoms with van der Waals surface area (Å²) in [6.07, 6.45) is 6.08. The third-order valence-corrected chi connectivity index (χ3v) is 7.35. The highest BCUT2D eigenvalue weighted by atomic mass is 19.1. The van der Waals surface area contributed by atoms with Gasteiger partial charge in [-0.1, -0.05) is 72.8 Å². The second-order valence-electron chi connectivity index (χ2n) is 10.3. The number of carbonyl (C=O) groups excluding carboxylic acids is 2. The summed E-state index contributed by atoms with van der Waals surface area (Å²) in [5.74, 6) is -0.192. The van der Waals surface area contributed by atoms with Crippen molar-refractivity contribution in [3.8, 4) is 16.9 Å². The molecule has 2 heterocycles. The van der Waals surface area contributed by atoms with Gasteiger partial charge in [0.25, 0.3) is 0 Å². The number of Topliss-reactive ketones (excluding diaryl/α,β-unsaturated/α-hetero) is 1. The Morgan fingerprint density at radius 1 is 0.900 bits per heavy atom. The molecule has 1 aliphatic rings. The topological polar surface area (TPSA) is 48.3 Å². The summed E-state index contributed by atoms with van der Waals surface area (Å²) < 4.78 is 21.9. The molecule has 0 fully saturated rings. The maximum Gasteiger partial charge on any atom is 0.196 e. The number of halogens is 1. The van der Waals surface area contributed by atoms with Crippen molar-refractivity contribution < 1.29 is 18.7 Å². The van der Waals surface area contributed by atoms with Crippen LogP contribution in [0.3, 0.4) is 0 Å². The zero-order valence-electron chi connectivity index (χ0n) is 22.3. The molecular formula is C35H28FNO3. The van der Waals surface area contributed by atoms with E-state index in [4.69, 9.17) is 4.74 Å². The number of rotatable bonds is 6. The summed E-state index contributed by atoms with van der Waals surface area (Å²) in [4.78, 5) is 26.0. The van der Waals surface area contributed by atoms with Gasteiger partial charge in [-0.3, -0.25) is 9.59 Å². The van der Waals surface area contributed by atoms with Crippen molar-refractivity contribution in [1.29, 1.82) is 0 Å². The molecule has 40 heavy (non-hydrogen) atoms. The maximum absolute atomic E-state index is 13.7. The Balaban J connectivity index is 1.29. The van der Waals surface area contributed by atoms with Crippen molar-refractivity contribution in [1.82, 2.24) is 4.57 Å². The van der Waals surface area contributed by atoms with Crippen LogP contribution in [0.4, 0.5) is 4.39 Å². The van der Waals surface area contributed by atoms with E-state index in [1.807, 2.05) is 54.6 Å². The van der Waals surface area contributed by atoms with Crippen LogP contribution in [-0.2, 0) is 4.79 Å². The van der Waals surface area contributed by atoms with Crippen molar-refractivity contribution in [2.45, 2.75) is 32.4 Å². The molecule has 5 aromatic rings. The Hall–Kier alpha value is -4.77. The first kappa shape index (κ1) is 25.5. The monoisotopic (exact) mass is 529 g/mol. The van der Waals surface area contributed by atoms with Gasteiger partial charge in [0.1, 0.15) is 11.6 Å². The van der Waals surface area contributed by atoms with E-state index in [0.29, 0.717) is 11.3 Å². The molecule has 4 aromatic carbocycles. The number of allylic oxidation sites excluding steroid dienone is 2. The van der Waals surface area contributed by atoms with E-state index in [1.54, 1.807) is 24.3 Å². The minimum Gasteiger partial charge on any atom is -0.481 e. The van der Waals surface area contributed by atoms with Gasteiger partial charge in [-0.25, -0.2) is 4.39 Å². The Morgan fingerprint density at radius 3 is 2.40 bits per heavy atom. The van der Waals surface area contributed by atoms with Gasteiger partial charge in [0.2, 0.25) is 0 Å². The number of fused-ring (bicyclic) bond motifs is 4. The van der Waals surface area contributed by atoms with Gasteiger partial charge >= 0.3 is 0 Å². The molecule has 1 unspecified atom stereocenters. The van der Waals surface area contributed by atoms with Crippen molar-refractivity contribution in [3.63, 3.8) is 0 Å². The second-order valence-corrected chi connectivity index (χ2v) is 10.3. The average Bonchev–Trinajstić information content (AvgIpc) is 3.29. The lowest BCUT2D eigenvalue weighted by atomic mass is 9.93. The molecule has 198 valence electrons. The summed E-state index contributed by atoms with van der Waals surface area (Å²) in [6, 6.07) is 26.2. The molecule has 1 atom stereocenters. The van der Waals surface area contributed by atoms with Crippen LogP contribution in [0.25, 0.3) is 38.9 Å². The number of hydrogen-bond acceptors (Lipinski definition) is 3. The smallest absolute Gasteiger partial charge is 0.196 e. The minimum atomic E-state index is -0.859. The van der Waals surface area contributed by atoms with Crippen LogP contribution in [0.2, 0.25) is 0 Å². The lowest BCUT2D eigenvalue weighted by Crippen LogP contribution is -2.33. The zero-order chi connectivity index (χ0) is 27.8. The number of ether oxygens (including phenoxy) is 1. The standard InChI is InChI=1S/C35H28FNO3/c1-22(2)37-28-12-6-5-11-27(28)34(24-15-18-25(36)19-16-24)29(37)13-7-8-14-30(38)33-21-31(39)35-26-10-4-3-9-23(26)17-20-32(35)40-33/h3-20,22,33H,21H2,1-2H3. The maximum atomic E-state index is 13.7. The van der Waals surface area contributed by atoms with Crippen LogP contribution >= 0.6 is 0 Å². The highest BCUT2D eigenvalue weighted by Gasteiger charge is 2.31. The van der Waals surface area contributed by atoms with Crippen LogP contribution in [0, 0.1) is 5.82 Å². The Morgan fingerprint density at radius 2 is 1.62 bits per heavy atom. The van der Waals surface area contributed by atoms with Gasteiger partial charge in [-0.05, 0) is 66.6 Å². The number of para-hydroxylation sites is 1. The van der Waals surface area contributed by atoms with Gasteiger partial charge < -0.3 is 9.30 Å². The number of ketones is 2.